The van der Waals surface area contributed by atoms with Gasteiger partial charge in [0.25, 0.3) is 0 Å². The molecule has 156 valence electrons. The first-order valence-electron chi connectivity index (χ1n) is 10.5. The number of hydrogen-bond acceptors (Lipinski definition) is 3. The maximum absolute atomic E-state index is 6.16. The van der Waals surface area contributed by atoms with E-state index in [1.54, 1.807) is 7.11 Å². The molecule has 2 atom stereocenters. The average Bonchev–Trinajstić information content (AvgIpc) is 3.13. The quantitative estimate of drug-likeness (QED) is 0.351. The summed E-state index contributed by atoms with van der Waals surface area (Å²) in [5, 5.41) is 0. The first-order valence-corrected chi connectivity index (χ1v) is 14.1. The van der Waals surface area contributed by atoms with Crippen LogP contribution in [-0.4, -0.2) is 28.4 Å². The second kappa shape index (κ2) is 10.2. The third kappa shape index (κ3) is 6.30. The van der Waals surface area contributed by atoms with Gasteiger partial charge in [0, 0.05) is 14.0 Å². The Hall–Kier alpha value is -1.88. The van der Waals surface area contributed by atoms with E-state index >= 15 is 0 Å². The predicted molar refractivity (Wildman–Crippen MR) is 122 cm³/mol. The van der Waals surface area contributed by atoms with Crippen molar-refractivity contribution >= 4 is 8.07 Å². The van der Waals surface area contributed by atoms with Gasteiger partial charge in [0.2, 0.25) is 0 Å². The molecule has 0 heterocycles. The van der Waals surface area contributed by atoms with Crippen LogP contribution in [0.4, 0.5) is 0 Å². The minimum absolute atomic E-state index is 0.473. The maximum atomic E-state index is 6.16. The van der Waals surface area contributed by atoms with Gasteiger partial charge in [0.1, 0.15) is 5.75 Å². The fourth-order valence-electron chi connectivity index (χ4n) is 4.09. The van der Waals surface area contributed by atoms with E-state index in [0.29, 0.717) is 25.7 Å². The summed E-state index contributed by atoms with van der Waals surface area (Å²) in [5.74, 6) is 1.35. The van der Waals surface area contributed by atoms with Gasteiger partial charge in [0.05, 0.1) is 33.5 Å². The van der Waals surface area contributed by atoms with Crippen LogP contribution in [-0.2, 0) is 22.7 Å². The number of allylic oxidation sites excluding steroid dienone is 1. The van der Waals surface area contributed by atoms with Gasteiger partial charge in [-0.3, -0.25) is 0 Å². The lowest BCUT2D eigenvalue weighted by atomic mass is 10.0. The molecule has 4 heteroatoms. The van der Waals surface area contributed by atoms with E-state index in [1.165, 1.54) is 16.7 Å². The molecule has 0 fully saturated rings. The summed E-state index contributed by atoms with van der Waals surface area (Å²) in [6, 6.07) is 18.5. The van der Waals surface area contributed by atoms with Crippen LogP contribution in [0, 0.1) is 5.92 Å². The molecule has 2 aromatic rings. The highest BCUT2D eigenvalue weighted by molar-refractivity contribution is 6.77. The van der Waals surface area contributed by atoms with Crippen LogP contribution < -0.4 is 4.74 Å². The van der Waals surface area contributed by atoms with Crippen LogP contribution in [0.25, 0.3) is 0 Å². The molecule has 3 rings (SSSR count). The maximum Gasteiger partial charge on any atom is 0.118 e. The second-order valence-corrected chi connectivity index (χ2v) is 14.4. The molecule has 2 aromatic carbocycles. The molecule has 0 aliphatic heterocycles. The van der Waals surface area contributed by atoms with Crippen molar-refractivity contribution in [1.29, 1.82) is 0 Å². The first kappa shape index (κ1) is 21.8. The summed E-state index contributed by atoms with van der Waals surface area (Å²) >= 11 is 0. The Kier molecular flexibility index (Phi) is 7.70. The van der Waals surface area contributed by atoms with Gasteiger partial charge in [-0.2, -0.15) is 0 Å². The fourth-order valence-corrected chi connectivity index (χ4v) is 6.43. The summed E-state index contributed by atoms with van der Waals surface area (Å²) in [6.45, 7) is 10.2. The molecule has 29 heavy (non-hydrogen) atoms. The molecule has 0 saturated carbocycles. The standard InChI is InChI=1S/C25H34O3Si/c1-26-23-13-10-21(11-14-23)17-27-18-22-12-15-25(29(2,3)4)24(22)19-28-16-20-8-6-5-7-9-20/h5-14,24-25H,15-19H2,1-4H3/t24-,25-/m0/s1. The zero-order valence-corrected chi connectivity index (χ0v) is 19.2. The first-order chi connectivity index (χ1) is 14.0. The van der Waals surface area contributed by atoms with E-state index < -0.39 is 8.07 Å². The minimum atomic E-state index is -1.27. The summed E-state index contributed by atoms with van der Waals surface area (Å²) < 4.78 is 17.5. The zero-order chi connectivity index (χ0) is 20.7. The molecule has 0 bridgehead atoms. The number of ether oxygens (including phenoxy) is 3. The molecule has 0 unspecified atom stereocenters. The lowest BCUT2D eigenvalue weighted by Gasteiger charge is -2.32. The summed E-state index contributed by atoms with van der Waals surface area (Å²) in [7, 11) is 0.414. The van der Waals surface area contributed by atoms with Crippen molar-refractivity contribution in [2.75, 3.05) is 20.3 Å². The third-order valence-electron chi connectivity index (χ3n) is 5.81. The van der Waals surface area contributed by atoms with Gasteiger partial charge >= 0.3 is 0 Å². The molecule has 0 N–H and O–H groups in total. The second-order valence-electron chi connectivity index (χ2n) is 8.94. The highest BCUT2D eigenvalue weighted by atomic mass is 28.3. The van der Waals surface area contributed by atoms with Gasteiger partial charge < -0.3 is 14.2 Å². The highest BCUT2D eigenvalue weighted by Crippen LogP contribution is 2.43. The molecule has 0 spiro atoms. The number of methoxy groups -OCH3 is 1. The normalized spacial score (nSPS) is 19.2. The minimum Gasteiger partial charge on any atom is -0.497 e. The van der Waals surface area contributed by atoms with Crippen LogP contribution in [0.3, 0.4) is 0 Å². The van der Waals surface area contributed by atoms with E-state index in [1.807, 2.05) is 18.2 Å². The van der Waals surface area contributed by atoms with E-state index in [9.17, 15) is 0 Å². The average molecular weight is 411 g/mol. The van der Waals surface area contributed by atoms with Crippen molar-refractivity contribution in [1.82, 2.24) is 0 Å². The van der Waals surface area contributed by atoms with E-state index in [0.717, 1.165) is 24.3 Å². The number of hydrogen-bond donors (Lipinski definition) is 0. The Bertz CT molecular complexity index is 778. The lowest BCUT2D eigenvalue weighted by Crippen LogP contribution is -2.34. The SMILES string of the molecule is COc1ccc(COCC2=CC[C@H]([Si](C)(C)C)[C@H]2COCc2ccccc2)cc1. The molecule has 3 nitrogen and oxygen atoms in total. The lowest BCUT2D eigenvalue weighted by molar-refractivity contribution is 0.0845. The van der Waals surface area contributed by atoms with Crippen molar-refractivity contribution in [3.05, 3.63) is 77.4 Å². The van der Waals surface area contributed by atoms with Crippen molar-refractivity contribution in [3.63, 3.8) is 0 Å². The third-order valence-corrected chi connectivity index (χ3v) is 8.68. The van der Waals surface area contributed by atoms with Crippen molar-refractivity contribution in [2.45, 2.75) is 44.8 Å². The van der Waals surface area contributed by atoms with E-state index in [-0.39, 0.29) is 0 Å². The smallest absolute Gasteiger partial charge is 0.118 e. The number of rotatable bonds is 10. The Morgan fingerprint density at radius 1 is 0.828 bits per heavy atom. The molecule has 1 aliphatic carbocycles. The van der Waals surface area contributed by atoms with Crippen molar-refractivity contribution < 1.29 is 14.2 Å². The Balaban J connectivity index is 1.54. The van der Waals surface area contributed by atoms with Gasteiger partial charge in [0.15, 0.2) is 0 Å². The van der Waals surface area contributed by atoms with Crippen molar-refractivity contribution in [3.8, 4) is 5.75 Å². The van der Waals surface area contributed by atoms with Crippen molar-refractivity contribution in [2.24, 2.45) is 5.92 Å². The molecular formula is C25H34O3Si. The topological polar surface area (TPSA) is 27.7 Å². The van der Waals surface area contributed by atoms with Gasteiger partial charge in [-0.25, -0.2) is 0 Å². The van der Waals surface area contributed by atoms with Crippen LogP contribution in [0.1, 0.15) is 17.5 Å². The molecule has 0 radical (unpaired) electrons. The molecule has 0 aromatic heterocycles. The Labute approximate surface area is 176 Å². The van der Waals surface area contributed by atoms with E-state index in [2.05, 4.69) is 62.1 Å². The van der Waals surface area contributed by atoms with Gasteiger partial charge in [-0.1, -0.05) is 68.2 Å². The Morgan fingerprint density at radius 2 is 1.48 bits per heavy atom. The predicted octanol–water partition coefficient (Wildman–Crippen LogP) is 6.08. The van der Waals surface area contributed by atoms with Crippen LogP contribution in [0.15, 0.2) is 66.2 Å². The highest BCUT2D eigenvalue weighted by Gasteiger charge is 2.38. The van der Waals surface area contributed by atoms with Gasteiger partial charge in [-0.05, 0) is 40.8 Å². The van der Waals surface area contributed by atoms with Crippen LogP contribution in [0.2, 0.25) is 25.2 Å². The zero-order valence-electron chi connectivity index (χ0n) is 18.2. The van der Waals surface area contributed by atoms with Gasteiger partial charge in [-0.15, -0.1) is 0 Å². The molecule has 1 aliphatic rings. The summed E-state index contributed by atoms with van der Waals surface area (Å²) in [5.41, 5.74) is 4.54. The monoisotopic (exact) mass is 410 g/mol. The molecule has 0 amide bonds. The summed E-state index contributed by atoms with van der Waals surface area (Å²) in [6.07, 6.45) is 3.57. The summed E-state index contributed by atoms with van der Waals surface area (Å²) in [4.78, 5) is 0. The van der Waals surface area contributed by atoms with Crippen LogP contribution in [0.5, 0.6) is 5.75 Å². The fraction of sp³-hybridized carbons (Fsp3) is 0.440. The Morgan fingerprint density at radius 3 is 2.14 bits per heavy atom. The molecule has 0 saturated heterocycles. The molecular weight excluding hydrogens is 376 g/mol. The van der Waals surface area contributed by atoms with Crippen LogP contribution >= 0.6 is 0 Å². The van der Waals surface area contributed by atoms with E-state index in [4.69, 9.17) is 14.2 Å². The largest absolute Gasteiger partial charge is 0.497 e. The number of benzene rings is 2.